The van der Waals surface area contributed by atoms with Crippen LogP contribution < -0.4 is 20.1 Å². The van der Waals surface area contributed by atoms with Gasteiger partial charge in [0.05, 0.1) is 19.9 Å². The van der Waals surface area contributed by atoms with Gasteiger partial charge in [0, 0.05) is 22.2 Å². The first kappa shape index (κ1) is 20.0. The van der Waals surface area contributed by atoms with E-state index in [1.54, 1.807) is 49.6 Å². The Kier molecular flexibility index (Phi) is 7.26. The Labute approximate surface area is 166 Å². The summed E-state index contributed by atoms with van der Waals surface area (Å²) in [5, 5.41) is 6.55. The van der Waals surface area contributed by atoms with Gasteiger partial charge in [-0.05, 0) is 48.1 Å². The van der Waals surface area contributed by atoms with E-state index in [0.717, 1.165) is 0 Å². The van der Waals surface area contributed by atoms with Crippen LogP contribution in [0, 0.1) is 0 Å². The van der Waals surface area contributed by atoms with Crippen molar-refractivity contribution in [2.75, 3.05) is 19.5 Å². The molecule has 2 aromatic rings. The molecule has 5 nitrogen and oxygen atoms in total. The van der Waals surface area contributed by atoms with E-state index in [1.807, 2.05) is 0 Å². The highest BCUT2D eigenvalue weighted by Crippen LogP contribution is 2.28. The fraction of sp³-hybridized carbons (Fsp3) is 0.111. The Balaban J connectivity index is 1.99. The highest BCUT2D eigenvalue weighted by atomic mass is 35.5. The second kappa shape index (κ2) is 9.43. The van der Waals surface area contributed by atoms with Gasteiger partial charge in [-0.2, -0.15) is 0 Å². The molecule has 0 bridgehead atoms. The molecule has 2 rings (SSSR count). The number of ether oxygens (including phenoxy) is 2. The first-order valence-corrected chi connectivity index (χ1v) is 8.56. The Hall–Kier alpha value is -2.28. The maximum atomic E-state index is 12.0. The van der Waals surface area contributed by atoms with Crippen LogP contribution in [0.1, 0.15) is 5.56 Å². The van der Waals surface area contributed by atoms with Gasteiger partial charge in [0.15, 0.2) is 5.11 Å². The summed E-state index contributed by atoms with van der Waals surface area (Å²) in [6, 6.07) is 10.2. The molecule has 0 aliphatic heterocycles. The lowest BCUT2D eigenvalue weighted by Crippen LogP contribution is -2.32. The minimum Gasteiger partial charge on any atom is -0.497 e. The molecule has 1 amide bonds. The molecule has 8 heteroatoms. The van der Waals surface area contributed by atoms with Crippen molar-refractivity contribution in [3.8, 4) is 11.5 Å². The third-order valence-electron chi connectivity index (χ3n) is 3.27. The van der Waals surface area contributed by atoms with E-state index in [2.05, 4.69) is 10.6 Å². The number of carbonyl (C=O) groups excluding carboxylic acids is 1. The van der Waals surface area contributed by atoms with Gasteiger partial charge in [-0.3, -0.25) is 10.1 Å². The fourth-order valence-electron chi connectivity index (χ4n) is 2.01. The molecule has 0 atom stereocenters. The number of thiocarbonyl (C=S) groups is 1. The summed E-state index contributed by atoms with van der Waals surface area (Å²) in [4.78, 5) is 12.0. The number of halogens is 2. The van der Waals surface area contributed by atoms with Crippen LogP contribution in [-0.2, 0) is 4.79 Å². The summed E-state index contributed by atoms with van der Waals surface area (Å²) in [7, 11) is 3.09. The minimum atomic E-state index is -0.402. The van der Waals surface area contributed by atoms with E-state index in [1.165, 1.54) is 13.2 Å². The molecule has 0 spiro atoms. The van der Waals surface area contributed by atoms with Crippen LogP contribution in [0.4, 0.5) is 5.69 Å². The predicted octanol–water partition coefficient (Wildman–Crippen LogP) is 4.54. The topological polar surface area (TPSA) is 59.6 Å². The zero-order valence-electron chi connectivity index (χ0n) is 14.0. The molecule has 2 aromatic carbocycles. The summed E-state index contributed by atoms with van der Waals surface area (Å²) in [5.41, 5.74) is 1.27. The van der Waals surface area contributed by atoms with Crippen LogP contribution in [0.2, 0.25) is 10.0 Å². The van der Waals surface area contributed by atoms with Gasteiger partial charge >= 0.3 is 0 Å². The van der Waals surface area contributed by atoms with Crippen molar-refractivity contribution in [3.63, 3.8) is 0 Å². The first-order valence-electron chi connectivity index (χ1n) is 7.40. The summed E-state index contributed by atoms with van der Waals surface area (Å²) < 4.78 is 10.4. The Morgan fingerprint density at radius 2 is 1.88 bits per heavy atom. The van der Waals surface area contributed by atoms with Crippen LogP contribution in [-0.4, -0.2) is 25.2 Å². The number of anilines is 1. The lowest BCUT2D eigenvalue weighted by atomic mass is 10.2. The van der Waals surface area contributed by atoms with Crippen molar-refractivity contribution in [2.24, 2.45) is 0 Å². The monoisotopic (exact) mass is 410 g/mol. The summed E-state index contributed by atoms with van der Waals surface area (Å²) in [6.07, 6.45) is 2.90. The first-order chi connectivity index (χ1) is 12.4. The minimum absolute atomic E-state index is 0.130. The van der Waals surface area contributed by atoms with E-state index in [-0.39, 0.29) is 5.11 Å². The largest absolute Gasteiger partial charge is 0.497 e. The van der Waals surface area contributed by atoms with Crippen LogP contribution >= 0.6 is 35.4 Å². The van der Waals surface area contributed by atoms with Crippen molar-refractivity contribution >= 4 is 58.2 Å². The molecule has 2 N–H and O–H groups in total. The normalized spacial score (nSPS) is 10.5. The number of hydrogen-bond donors (Lipinski definition) is 2. The SMILES string of the molecule is COc1ccc(NC(=S)NC(=O)/C=C/c2ccc(Cl)cc2Cl)c(OC)c1. The van der Waals surface area contributed by atoms with Crippen LogP contribution in [0.15, 0.2) is 42.5 Å². The van der Waals surface area contributed by atoms with E-state index in [0.29, 0.717) is 32.8 Å². The molecule has 0 aliphatic carbocycles. The summed E-state index contributed by atoms with van der Waals surface area (Å²) in [6.45, 7) is 0. The Morgan fingerprint density at radius 1 is 1.12 bits per heavy atom. The third kappa shape index (κ3) is 5.62. The second-order valence-electron chi connectivity index (χ2n) is 5.01. The highest BCUT2D eigenvalue weighted by Gasteiger charge is 2.08. The Morgan fingerprint density at radius 3 is 2.54 bits per heavy atom. The number of carbonyl (C=O) groups is 1. The Bertz CT molecular complexity index is 856. The molecule has 0 saturated heterocycles. The van der Waals surface area contributed by atoms with Crippen molar-refractivity contribution in [1.29, 1.82) is 0 Å². The number of methoxy groups -OCH3 is 2. The number of rotatable bonds is 5. The van der Waals surface area contributed by atoms with E-state index < -0.39 is 5.91 Å². The molecular weight excluding hydrogens is 395 g/mol. The van der Waals surface area contributed by atoms with Crippen LogP contribution in [0.25, 0.3) is 6.08 Å². The molecule has 0 aliphatic rings. The van der Waals surface area contributed by atoms with Gasteiger partial charge in [-0.15, -0.1) is 0 Å². The molecule has 0 unspecified atom stereocenters. The maximum absolute atomic E-state index is 12.0. The lowest BCUT2D eigenvalue weighted by molar-refractivity contribution is -0.115. The quantitative estimate of drug-likeness (QED) is 0.559. The predicted molar refractivity (Wildman–Crippen MR) is 109 cm³/mol. The highest BCUT2D eigenvalue weighted by molar-refractivity contribution is 7.80. The van der Waals surface area contributed by atoms with Crippen molar-refractivity contribution in [2.45, 2.75) is 0 Å². The molecular formula is C18H16Cl2N2O3S. The summed E-state index contributed by atoms with van der Waals surface area (Å²) in [5.74, 6) is 0.774. The van der Waals surface area contributed by atoms with E-state index in [4.69, 9.17) is 44.9 Å². The fourth-order valence-corrected chi connectivity index (χ4v) is 2.69. The van der Waals surface area contributed by atoms with Crippen molar-refractivity contribution < 1.29 is 14.3 Å². The number of benzene rings is 2. The lowest BCUT2D eigenvalue weighted by Gasteiger charge is -2.13. The third-order valence-corrected chi connectivity index (χ3v) is 4.04. The number of nitrogens with one attached hydrogen (secondary N) is 2. The van der Waals surface area contributed by atoms with E-state index >= 15 is 0 Å². The molecule has 26 heavy (non-hydrogen) atoms. The average molecular weight is 411 g/mol. The van der Waals surface area contributed by atoms with Crippen molar-refractivity contribution in [3.05, 3.63) is 58.1 Å². The van der Waals surface area contributed by atoms with Crippen LogP contribution in [0.3, 0.4) is 0 Å². The zero-order chi connectivity index (χ0) is 19.1. The summed E-state index contributed by atoms with van der Waals surface area (Å²) >= 11 is 17.0. The molecule has 0 fully saturated rings. The standard InChI is InChI=1S/C18H16Cl2N2O3S/c1-24-13-6-7-15(16(10-13)25-2)21-18(26)22-17(23)8-4-11-3-5-12(19)9-14(11)20/h3-10H,1-2H3,(H2,21,22,23,26)/b8-4+. The van der Waals surface area contributed by atoms with Gasteiger partial charge in [0.2, 0.25) is 5.91 Å². The number of hydrogen-bond acceptors (Lipinski definition) is 4. The molecule has 0 heterocycles. The second-order valence-corrected chi connectivity index (χ2v) is 6.26. The molecule has 0 saturated carbocycles. The van der Waals surface area contributed by atoms with Gasteiger partial charge < -0.3 is 14.8 Å². The van der Waals surface area contributed by atoms with Crippen LogP contribution in [0.5, 0.6) is 11.5 Å². The van der Waals surface area contributed by atoms with Gasteiger partial charge in [0.25, 0.3) is 0 Å². The zero-order valence-corrected chi connectivity index (χ0v) is 16.3. The van der Waals surface area contributed by atoms with Crippen molar-refractivity contribution in [1.82, 2.24) is 5.32 Å². The van der Waals surface area contributed by atoms with Gasteiger partial charge in [-0.1, -0.05) is 29.3 Å². The van der Waals surface area contributed by atoms with E-state index in [9.17, 15) is 4.79 Å². The molecule has 0 radical (unpaired) electrons. The molecule has 136 valence electrons. The average Bonchev–Trinajstić information content (AvgIpc) is 2.61. The maximum Gasteiger partial charge on any atom is 0.250 e. The molecule has 0 aromatic heterocycles. The van der Waals surface area contributed by atoms with Gasteiger partial charge in [0.1, 0.15) is 11.5 Å². The van der Waals surface area contributed by atoms with Gasteiger partial charge in [-0.25, -0.2) is 0 Å². The number of amides is 1. The smallest absolute Gasteiger partial charge is 0.250 e.